The molecule has 0 saturated heterocycles. The Balaban J connectivity index is 1.76. The van der Waals surface area contributed by atoms with E-state index in [0.717, 1.165) is 27.2 Å². The van der Waals surface area contributed by atoms with Gasteiger partial charge in [0, 0.05) is 17.8 Å². The molecule has 0 bridgehead atoms. The Labute approximate surface area is 181 Å². The number of benzene rings is 3. The van der Waals surface area contributed by atoms with Crippen LogP contribution in [0.2, 0.25) is 0 Å². The zero-order chi connectivity index (χ0) is 22.2. The number of urea groups is 1. The largest absolute Gasteiger partial charge is 0.359 e. The summed E-state index contributed by atoms with van der Waals surface area (Å²) in [4.78, 5) is 27.6. The summed E-state index contributed by atoms with van der Waals surface area (Å²) in [7, 11) is 0. The Hall–Kier alpha value is -3.64. The van der Waals surface area contributed by atoms with Crippen molar-refractivity contribution in [1.29, 1.82) is 0 Å². The van der Waals surface area contributed by atoms with Gasteiger partial charge in [-0.25, -0.2) is 4.79 Å². The molecule has 0 unspecified atom stereocenters. The molecule has 3 aromatic rings. The van der Waals surface area contributed by atoms with Gasteiger partial charge >= 0.3 is 6.03 Å². The van der Waals surface area contributed by atoms with Crippen LogP contribution in [0, 0.1) is 20.8 Å². The maximum absolute atomic E-state index is 13.4. The molecule has 0 spiro atoms. The van der Waals surface area contributed by atoms with E-state index in [1.165, 1.54) is 0 Å². The summed E-state index contributed by atoms with van der Waals surface area (Å²) in [5.41, 5.74) is 2.96. The highest BCUT2D eigenvalue weighted by atomic mass is 16.3. The van der Waals surface area contributed by atoms with Crippen LogP contribution in [0.15, 0.2) is 66.7 Å². The van der Waals surface area contributed by atoms with Gasteiger partial charge in [-0.05, 0) is 55.7 Å². The minimum absolute atomic E-state index is 0.228. The number of hydrogen-bond acceptors (Lipinski definition) is 3. The number of fused-ring (bicyclic) bond motifs is 1. The van der Waals surface area contributed by atoms with Crippen molar-refractivity contribution in [3.8, 4) is 0 Å². The lowest BCUT2D eigenvalue weighted by atomic mass is 9.94. The van der Waals surface area contributed by atoms with E-state index in [1.54, 1.807) is 36.4 Å². The Morgan fingerprint density at radius 3 is 2.42 bits per heavy atom. The van der Waals surface area contributed by atoms with Gasteiger partial charge in [0.25, 0.3) is 11.6 Å². The van der Waals surface area contributed by atoms with Gasteiger partial charge in [0.2, 0.25) is 0 Å². The first-order valence-corrected chi connectivity index (χ1v) is 10.1. The molecule has 6 nitrogen and oxygen atoms in total. The number of rotatable bonds is 4. The molecule has 0 radical (unpaired) electrons. The van der Waals surface area contributed by atoms with Crippen molar-refractivity contribution in [3.63, 3.8) is 0 Å². The zero-order valence-corrected chi connectivity index (χ0v) is 17.8. The molecule has 0 aromatic heterocycles. The summed E-state index contributed by atoms with van der Waals surface area (Å²) in [6, 6.07) is 19.4. The van der Waals surface area contributed by atoms with E-state index in [1.807, 2.05) is 51.1 Å². The number of nitrogens with one attached hydrogen (secondary N) is 2. The molecular formula is C25H25N3O3. The van der Waals surface area contributed by atoms with E-state index in [2.05, 4.69) is 10.6 Å². The smallest absolute Gasteiger partial charge is 0.329 e. The predicted molar refractivity (Wildman–Crippen MR) is 121 cm³/mol. The molecule has 6 heteroatoms. The van der Waals surface area contributed by atoms with E-state index < -0.39 is 17.7 Å². The van der Waals surface area contributed by atoms with Crippen molar-refractivity contribution < 1.29 is 14.7 Å². The monoisotopic (exact) mass is 415 g/mol. The lowest BCUT2D eigenvalue weighted by Gasteiger charge is -2.42. The normalized spacial score (nSPS) is 17.7. The standard InChI is InChI=1S/C25H25N3O3/c1-16-8-11-19(12-9-16)15-26-23(29)25(31)21-6-4-5-7-22(21)27-24(30)28(25)20-13-10-17(2)18(3)14-20/h4-14,31H,15H2,1-3H3,(H,26,29)(H,27,30)/t25-/m1/s1. The van der Waals surface area contributed by atoms with Crippen LogP contribution in [-0.2, 0) is 17.1 Å². The summed E-state index contributed by atoms with van der Waals surface area (Å²) >= 11 is 0. The molecule has 4 rings (SSSR count). The molecule has 0 aliphatic carbocycles. The number of aryl methyl sites for hydroxylation is 3. The summed E-state index contributed by atoms with van der Waals surface area (Å²) in [5.74, 6) is -0.673. The van der Waals surface area contributed by atoms with Crippen molar-refractivity contribution in [2.75, 3.05) is 10.2 Å². The fourth-order valence-electron chi connectivity index (χ4n) is 3.74. The van der Waals surface area contributed by atoms with Crippen molar-refractivity contribution in [2.24, 2.45) is 0 Å². The van der Waals surface area contributed by atoms with Gasteiger partial charge in [-0.1, -0.05) is 54.1 Å². The third-order valence-electron chi connectivity index (χ3n) is 5.71. The number of aliphatic hydroxyl groups is 1. The summed E-state index contributed by atoms with van der Waals surface area (Å²) in [6.45, 7) is 6.10. The van der Waals surface area contributed by atoms with Crippen molar-refractivity contribution in [1.82, 2.24) is 5.32 Å². The number of carbonyl (C=O) groups is 2. The van der Waals surface area contributed by atoms with Gasteiger partial charge in [0.05, 0.1) is 5.69 Å². The highest BCUT2D eigenvalue weighted by molar-refractivity contribution is 6.11. The molecule has 3 aromatic carbocycles. The van der Waals surface area contributed by atoms with Crippen LogP contribution in [0.4, 0.5) is 16.2 Å². The van der Waals surface area contributed by atoms with Gasteiger partial charge in [0.1, 0.15) is 0 Å². The van der Waals surface area contributed by atoms with Gasteiger partial charge in [0.15, 0.2) is 0 Å². The zero-order valence-electron chi connectivity index (χ0n) is 17.8. The Morgan fingerprint density at radius 2 is 1.71 bits per heavy atom. The second-order valence-corrected chi connectivity index (χ2v) is 7.92. The molecule has 31 heavy (non-hydrogen) atoms. The number of amides is 3. The van der Waals surface area contributed by atoms with Crippen molar-refractivity contribution >= 4 is 23.3 Å². The van der Waals surface area contributed by atoms with E-state index in [-0.39, 0.29) is 6.54 Å². The summed E-state index contributed by atoms with van der Waals surface area (Å²) in [5, 5.41) is 17.4. The lowest BCUT2D eigenvalue weighted by Crippen LogP contribution is -2.62. The number of hydrogen-bond donors (Lipinski definition) is 3. The Kier molecular flexibility index (Phi) is 5.25. The molecule has 1 aliphatic rings. The quantitative estimate of drug-likeness (QED) is 0.599. The van der Waals surface area contributed by atoms with Crippen molar-refractivity contribution in [2.45, 2.75) is 33.0 Å². The van der Waals surface area contributed by atoms with Crippen molar-refractivity contribution in [3.05, 3.63) is 94.5 Å². The highest BCUT2D eigenvalue weighted by Gasteiger charge is 2.51. The van der Waals surface area contributed by atoms with Gasteiger partial charge in [-0.3, -0.25) is 9.69 Å². The van der Waals surface area contributed by atoms with E-state index in [0.29, 0.717) is 16.9 Å². The number of nitrogens with zero attached hydrogens (tertiary/aromatic N) is 1. The van der Waals surface area contributed by atoms with Gasteiger partial charge in [-0.15, -0.1) is 0 Å². The Morgan fingerprint density at radius 1 is 1.00 bits per heavy atom. The molecule has 3 N–H and O–H groups in total. The summed E-state index contributed by atoms with van der Waals surface area (Å²) in [6.07, 6.45) is 0. The van der Waals surface area contributed by atoms with E-state index >= 15 is 0 Å². The fourth-order valence-corrected chi connectivity index (χ4v) is 3.74. The maximum Gasteiger partial charge on any atom is 0.329 e. The predicted octanol–water partition coefficient (Wildman–Crippen LogP) is 4.13. The topological polar surface area (TPSA) is 81.7 Å². The maximum atomic E-state index is 13.4. The lowest BCUT2D eigenvalue weighted by molar-refractivity contribution is -0.140. The van der Waals surface area contributed by atoms with Crippen LogP contribution in [0.25, 0.3) is 0 Å². The molecule has 1 aliphatic heterocycles. The fraction of sp³-hybridized carbons (Fsp3) is 0.200. The first kappa shape index (κ1) is 20.6. The van der Waals surface area contributed by atoms with E-state index in [4.69, 9.17) is 0 Å². The highest BCUT2D eigenvalue weighted by Crippen LogP contribution is 2.40. The molecule has 1 heterocycles. The number of anilines is 2. The third kappa shape index (κ3) is 3.66. The van der Waals surface area contributed by atoms with E-state index in [9.17, 15) is 14.7 Å². The van der Waals surface area contributed by atoms with Gasteiger partial charge in [-0.2, -0.15) is 0 Å². The second-order valence-electron chi connectivity index (χ2n) is 7.92. The van der Waals surface area contributed by atoms with Crippen LogP contribution < -0.4 is 15.5 Å². The molecule has 158 valence electrons. The SMILES string of the molecule is Cc1ccc(CNC(=O)[C@]2(O)c3ccccc3NC(=O)N2c2ccc(C)c(C)c2)cc1. The number of carbonyl (C=O) groups excluding carboxylic acids is 2. The average molecular weight is 415 g/mol. The molecular weight excluding hydrogens is 390 g/mol. The van der Waals surface area contributed by atoms with Crippen LogP contribution in [0.1, 0.15) is 27.8 Å². The minimum atomic E-state index is -2.20. The average Bonchev–Trinajstić information content (AvgIpc) is 2.75. The Bertz CT molecular complexity index is 1160. The van der Waals surface area contributed by atoms with Crippen LogP contribution >= 0.6 is 0 Å². The first-order chi connectivity index (χ1) is 14.8. The van der Waals surface area contributed by atoms with Gasteiger partial charge < -0.3 is 15.7 Å². The molecule has 3 amide bonds. The van der Waals surface area contributed by atoms with Crippen LogP contribution in [-0.4, -0.2) is 17.0 Å². The molecule has 1 atom stereocenters. The third-order valence-corrected chi connectivity index (χ3v) is 5.71. The first-order valence-electron chi connectivity index (χ1n) is 10.1. The van der Waals surface area contributed by atoms with Crippen LogP contribution in [0.3, 0.4) is 0 Å². The summed E-state index contributed by atoms with van der Waals surface area (Å²) < 4.78 is 0. The minimum Gasteiger partial charge on any atom is -0.359 e. The molecule has 0 saturated carbocycles. The van der Waals surface area contributed by atoms with Crippen LogP contribution in [0.5, 0.6) is 0 Å². The molecule has 0 fully saturated rings. The second kappa shape index (κ2) is 7.89. The number of para-hydroxylation sites is 1.